The highest BCUT2D eigenvalue weighted by Gasteiger charge is 2.24. The molecule has 0 radical (unpaired) electrons. The number of nitrogens with two attached hydrogens (primary N) is 1. The van der Waals surface area contributed by atoms with Gasteiger partial charge in [-0.25, -0.2) is 4.79 Å². The van der Waals surface area contributed by atoms with Crippen molar-refractivity contribution >= 4 is 22.1 Å². The van der Waals surface area contributed by atoms with Gasteiger partial charge in [0.2, 0.25) is 0 Å². The molecule has 0 amide bonds. The molecule has 1 atom stereocenters. The maximum atomic E-state index is 10.4. The summed E-state index contributed by atoms with van der Waals surface area (Å²) in [6.45, 7) is 0. The molecule has 0 saturated carbocycles. The molecule has 1 aromatic rings. The fraction of sp³-hybridized carbons (Fsp3) is 0.273. The first-order valence-corrected chi connectivity index (χ1v) is 6.77. The molecule has 2 rings (SSSR count). The van der Waals surface area contributed by atoms with Crippen LogP contribution in [0.1, 0.15) is 12.8 Å². The molecular weight excluding hydrogens is 274 g/mol. The van der Waals surface area contributed by atoms with Crippen molar-refractivity contribution < 1.29 is 27.3 Å². The van der Waals surface area contributed by atoms with E-state index in [2.05, 4.69) is 4.74 Å². The standard InChI is InChI=1S/C6H6O3S.C5H7NO3/c7-10(8,9)6-4-2-1-3-5-6;6-3-1-2-4(7)9-5(3)8/h1-5H,(H,7,8,9);3H,1-2,6H2/t;3-/m.0/s1. The fourth-order valence-corrected chi connectivity index (χ4v) is 1.72. The van der Waals surface area contributed by atoms with E-state index >= 15 is 0 Å². The van der Waals surface area contributed by atoms with Crippen LogP contribution in [0, 0.1) is 0 Å². The lowest BCUT2D eigenvalue weighted by molar-refractivity contribution is -0.164. The Morgan fingerprint density at radius 2 is 1.79 bits per heavy atom. The van der Waals surface area contributed by atoms with Gasteiger partial charge in [0.25, 0.3) is 10.1 Å². The molecule has 1 saturated heterocycles. The number of esters is 2. The summed E-state index contributed by atoms with van der Waals surface area (Å²) in [5.74, 6) is -1.08. The van der Waals surface area contributed by atoms with Crippen molar-refractivity contribution in [2.75, 3.05) is 0 Å². The van der Waals surface area contributed by atoms with Gasteiger partial charge < -0.3 is 10.5 Å². The number of hydrogen-bond donors (Lipinski definition) is 2. The van der Waals surface area contributed by atoms with E-state index in [0.29, 0.717) is 6.42 Å². The van der Waals surface area contributed by atoms with Crippen LogP contribution in [0.5, 0.6) is 0 Å². The van der Waals surface area contributed by atoms with Crippen molar-refractivity contribution in [1.29, 1.82) is 0 Å². The van der Waals surface area contributed by atoms with Crippen LogP contribution in [-0.2, 0) is 24.4 Å². The minimum Gasteiger partial charge on any atom is -0.392 e. The molecule has 19 heavy (non-hydrogen) atoms. The van der Waals surface area contributed by atoms with Crippen molar-refractivity contribution in [1.82, 2.24) is 0 Å². The molecule has 7 nitrogen and oxygen atoms in total. The fourth-order valence-electron chi connectivity index (χ4n) is 1.22. The number of ether oxygens (including phenoxy) is 1. The van der Waals surface area contributed by atoms with E-state index in [4.69, 9.17) is 10.3 Å². The van der Waals surface area contributed by atoms with Gasteiger partial charge in [-0.1, -0.05) is 18.2 Å². The Labute approximate surface area is 110 Å². The second-order valence-electron chi connectivity index (χ2n) is 3.73. The number of carbonyl (C=O) groups is 2. The SMILES string of the molecule is N[C@H]1CCC(=O)OC1=O.O=S(=O)(O)c1ccccc1. The Balaban J connectivity index is 0.000000191. The predicted octanol–water partition coefficient (Wildman–Crippen LogP) is 0.111. The van der Waals surface area contributed by atoms with Gasteiger partial charge >= 0.3 is 11.9 Å². The normalized spacial score (nSPS) is 19.2. The third-order valence-corrected chi connectivity index (χ3v) is 3.09. The first-order chi connectivity index (χ1) is 8.80. The molecule has 1 aromatic carbocycles. The zero-order valence-electron chi connectivity index (χ0n) is 9.85. The van der Waals surface area contributed by atoms with Crippen molar-refractivity contribution in [3.63, 3.8) is 0 Å². The van der Waals surface area contributed by atoms with E-state index in [9.17, 15) is 18.0 Å². The number of benzene rings is 1. The number of cyclic esters (lactones) is 2. The van der Waals surface area contributed by atoms with E-state index in [1.807, 2.05) is 0 Å². The van der Waals surface area contributed by atoms with Crippen molar-refractivity contribution in [3.8, 4) is 0 Å². The molecule has 8 heteroatoms. The summed E-state index contributed by atoms with van der Waals surface area (Å²) >= 11 is 0. The summed E-state index contributed by atoms with van der Waals surface area (Å²) < 4.78 is 33.4. The van der Waals surface area contributed by atoms with Gasteiger partial charge in [0.15, 0.2) is 0 Å². The molecule has 1 aliphatic heterocycles. The molecule has 1 heterocycles. The van der Waals surface area contributed by atoms with Gasteiger partial charge in [0.05, 0.1) is 4.90 Å². The van der Waals surface area contributed by atoms with E-state index in [-0.39, 0.29) is 11.3 Å². The second kappa shape index (κ2) is 6.41. The smallest absolute Gasteiger partial charge is 0.330 e. The minimum atomic E-state index is -4.00. The molecule has 1 fully saturated rings. The number of carbonyl (C=O) groups excluding carboxylic acids is 2. The summed E-state index contributed by atoms with van der Waals surface area (Å²) in [4.78, 5) is 20.7. The molecule has 1 aliphatic rings. The van der Waals surface area contributed by atoms with Crippen LogP contribution in [0.3, 0.4) is 0 Å². The summed E-state index contributed by atoms with van der Waals surface area (Å²) in [6.07, 6.45) is 0.671. The first-order valence-electron chi connectivity index (χ1n) is 5.33. The van der Waals surface area contributed by atoms with Crippen LogP contribution in [0.2, 0.25) is 0 Å². The lowest BCUT2D eigenvalue weighted by Crippen LogP contribution is -2.38. The maximum absolute atomic E-state index is 10.4. The van der Waals surface area contributed by atoms with Gasteiger partial charge in [0.1, 0.15) is 6.04 Å². The summed E-state index contributed by atoms with van der Waals surface area (Å²) in [5.41, 5.74) is 5.21. The molecule has 0 spiro atoms. The van der Waals surface area contributed by atoms with Crippen LogP contribution in [-0.4, -0.2) is 31.0 Å². The van der Waals surface area contributed by atoms with E-state index in [0.717, 1.165) is 0 Å². The minimum absolute atomic E-state index is 0.0741. The monoisotopic (exact) mass is 287 g/mol. The predicted molar refractivity (Wildman–Crippen MR) is 64.6 cm³/mol. The number of hydrogen-bond acceptors (Lipinski definition) is 6. The molecule has 0 bridgehead atoms. The van der Waals surface area contributed by atoms with Gasteiger partial charge in [-0.05, 0) is 18.6 Å². The van der Waals surface area contributed by atoms with E-state index in [1.165, 1.54) is 12.1 Å². The Morgan fingerprint density at radius 1 is 1.21 bits per heavy atom. The lowest BCUT2D eigenvalue weighted by atomic mass is 10.1. The second-order valence-corrected chi connectivity index (χ2v) is 5.15. The van der Waals surface area contributed by atoms with Gasteiger partial charge in [-0.15, -0.1) is 0 Å². The van der Waals surface area contributed by atoms with Crippen LogP contribution < -0.4 is 5.73 Å². The third-order valence-electron chi connectivity index (χ3n) is 2.22. The average Bonchev–Trinajstić information content (AvgIpc) is 2.35. The summed E-state index contributed by atoms with van der Waals surface area (Å²) in [5, 5.41) is 0. The quantitative estimate of drug-likeness (QED) is 0.426. The Kier molecular flexibility index (Phi) is 5.16. The van der Waals surface area contributed by atoms with Crippen LogP contribution in [0.15, 0.2) is 35.2 Å². The summed E-state index contributed by atoms with van der Waals surface area (Å²) in [7, 11) is -4.00. The molecule has 3 N–H and O–H groups in total. The highest BCUT2D eigenvalue weighted by molar-refractivity contribution is 7.85. The van der Waals surface area contributed by atoms with Crippen LogP contribution in [0.25, 0.3) is 0 Å². The van der Waals surface area contributed by atoms with Crippen LogP contribution >= 0.6 is 0 Å². The highest BCUT2D eigenvalue weighted by Crippen LogP contribution is 2.06. The first kappa shape index (κ1) is 15.3. The maximum Gasteiger partial charge on any atom is 0.330 e. The van der Waals surface area contributed by atoms with Gasteiger partial charge in [-0.2, -0.15) is 8.42 Å². The molecule has 104 valence electrons. The van der Waals surface area contributed by atoms with E-state index < -0.39 is 28.1 Å². The van der Waals surface area contributed by atoms with Gasteiger partial charge in [0, 0.05) is 6.42 Å². The molecule has 0 unspecified atom stereocenters. The topological polar surface area (TPSA) is 124 Å². The Bertz CT molecular complexity index is 554. The van der Waals surface area contributed by atoms with Gasteiger partial charge in [-0.3, -0.25) is 9.35 Å². The zero-order valence-corrected chi connectivity index (χ0v) is 10.7. The van der Waals surface area contributed by atoms with Crippen LogP contribution in [0.4, 0.5) is 0 Å². The Morgan fingerprint density at radius 3 is 2.16 bits per heavy atom. The number of rotatable bonds is 1. The zero-order chi connectivity index (χ0) is 14.5. The molecule has 0 aliphatic carbocycles. The van der Waals surface area contributed by atoms with E-state index in [1.54, 1.807) is 18.2 Å². The largest absolute Gasteiger partial charge is 0.392 e. The molecule has 0 aromatic heterocycles. The lowest BCUT2D eigenvalue weighted by Gasteiger charge is -2.14. The van der Waals surface area contributed by atoms with Crippen molar-refractivity contribution in [3.05, 3.63) is 30.3 Å². The average molecular weight is 287 g/mol. The van der Waals surface area contributed by atoms with Crippen molar-refractivity contribution in [2.24, 2.45) is 5.73 Å². The third kappa shape index (κ3) is 5.16. The van der Waals surface area contributed by atoms with Crippen molar-refractivity contribution in [2.45, 2.75) is 23.8 Å². The summed E-state index contributed by atoms with van der Waals surface area (Å²) in [6, 6.07) is 6.83. The Hall–Kier alpha value is -1.77. The molecular formula is C11H13NO6S. The highest BCUT2D eigenvalue weighted by atomic mass is 32.2.